The molecule has 57 heavy (non-hydrogen) atoms. The summed E-state index contributed by atoms with van der Waals surface area (Å²) >= 11 is 0. The maximum Gasteiger partial charge on any atom is 0.422 e. The first kappa shape index (κ1) is 44.5. The third kappa shape index (κ3) is 10.9. The highest BCUT2D eigenvalue weighted by molar-refractivity contribution is 5.94. The van der Waals surface area contributed by atoms with Gasteiger partial charge in [-0.1, -0.05) is 63.8 Å². The number of esters is 3. The van der Waals surface area contributed by atoms with E-state index < -0.39 is 96.5 Å². The van der Waals surface area contributed by atoms with Crippen LogP contribution in [-0.4, -0.2) is 101 Å². The van der Waals surface area contributed by atoms with Crippen molar-refractivity contribution in [2.75, 3.05) is 13.2 Å². The monoisotopic (exact) mass is 810 g/mol. The molecule has 1 aromatic carbocycles. The summed E-state index contributed by atoms with van der Waals surface area (Å²) in [5.41, 5.74) is -1.22. The van der Waals surface area contributed by atoms with Crippen molar-refractivity contribution >= 4 is 29.9 Å². The average Bonchev–Trinajstić information content (AvgIpc) is 3.69. The summed E-state index contributed by atoms with van der Waals surface area (Å²) in [5, 5.41) is 14.7. The average molecular weight is 811 g/mol. The molecule has 2 N–H and O–H groups in total. The Balaban J connectivity index is 1.45. The molecule has 2 bridgehead atoms. The molecule has 16 heteroatoms. The number of amides is 1. The van der Waals surface area contributed by atoms with Crippen molar-refractivity contribution < 1.29 is 66.0 Å². The van der Waals surface area contributed by atoms with Gasteiger partial charge in [0, 0.05) is 31.8 Å². The molecule has 3 saturated heterocycles. The number of carbonyl (C=O) groups is 4. The molecule has 4 aliphatic rings. The van der Waals surface area contributed by atoms with Gasteiger partial charge in [0.05, 0.1) is 19.2 Å². The number of halogens is 3. The zero-order chi connectivity index (χ0) is 41.6. The van der Waals surface area contributed by atoms with Crippen LogP contribution in [0.2, 0.25) is 0 Å². The molecule has 1 saturated carbocycles. The minimum absolute atomic E-state index is 0.0331. The van der Waals surface area contributed by atoms with Crippen LogP contribution < -0.4 is 5.32 Å². The first-order chi connectivity index (χ1) is 26.9. The van der Waals surface area contributed by atoms with Crippen LogP contribution in [0, 0.1) is 5.41 Å². The minimum Gasteiger partial charge on any atom is -0.460 e. The van der Waals surface area contributed by atoms with Gasteiger partial charge in [-0.2, -0.15) is 18.2 Å². The maximum atomic E-state index is 14.8. The van der Waals surface area contributed by atoms with E-state index in [4.69, 9.17) is 23.8 Å². The molecular weight excluding hydrogens is 753 g/mol. The highest BCUT2D eigenvalue weighted by Gasteiger charge is 2.76. The lowest BCUT2D eigenvalue weighted by molar-refractivity contribution is -0.224. The summed E-state index contributed by atoms with van der Waals surface area (Å²) in [6.45, 7) is 7.23. The van der Waals surface area contributed by atoms with Crippen LogP contribution in [0.25, 0.3) is 6.08 Å². The van der Waals surface area contributed by atoms with E-state index in [-0.39, 0.29) is 25.8 Å². The fraction of sp³-hybridized carbons (Fsp3) is 0.707. The smallest absolute Gasteiger partial charge is 0.422 e. The third-order valence-corrected chi connectivity index (χ3v) is 10.7. The number of hydrogen-bond acceptors (Lipinski definition) is 12. The number of aliphatic hydroxyl groups excluding tert-OH is 1. The predicted octanol–water partition coefficient (Wildman–Crippen LogP) is 5.85. The van der Waals surface area contributed by atoms with Crippen LogP contribution in [0.4, 0.5) is 13.2 Å². The van der Waals surface area contributed by atoms with Crippen LogP contribution in [0.5, 0.6) is 0 Å². The first-order valence-electron chi connectivity index (χ1n) is 20.1. The van der Waals surface area contributed by atoms with Crippen molar-refractivity contribution in [3.8, 4) is 0 Å². The Morgan fingerprint density at radius 2 is 1.74 bits per heavy atom. The normalized spacial score (nSPS) is 27.2. The zero-order valence-corrected chi connectivity index (χ0v) is 33.4. The molecule has 3 heterocycles. The van der Waals surface area contributed by atoms with Gasteiger partial charge in [0.2, 0.25) is 5.91 Å². The molecule has 5 rings (SSSR count). The van der Waals surface area contributed by atoms with Gasteiger partial charge in [0.15, 0.2) is 18.4 Å². The van der Waals surface area contributed by atoms with E-state index >= 15 is 0 Å². The molecule has 1 aromatic rings. The molecule has 0 radical (unpaired) electrons. The van der Waals surface area contributed by atoms with Gasteiger partial charge >= 0.3 is 24.1 Å². The highest BCUT2D eigenvalue weighted by atomic mass is 19.4. The van der Waals surface area contributed by atoms with E-state index in [2.05, 4.69) is 23.9 Å². The van der Waals surface area contributed by atoms with Crippen molar-refractivity contribution in [1.82, 2.24) is 10.4 Å². The van der Waals surface area contributed by atoms with Gasteiger partial charge in [-0.05, 0) is 57.2 Å². The Labute approximate surface area is 331 Å². The van der Waals surface area contributed by atoms with Crippen LogP contribution in [0.3, 0.4) is 0 Å². The first-order valence-corrected chi connectivity index (χ1v) is 20.1. The van der Waals surface area contributed by atoms with E-state index in [1.54, 1.807) is 45.0 Å². The zero-order valence-electron chi connectivity index (χ0n) is 33.4. The Kier molecular flexibility index (Phi) is 14.5. The van der Waals surface area contributed by atoms with Crippen LogP contribution in [0.15, 0.2) is 30.3 Å². The molecule has 7 unspecified atom stereocenters. The molecule has 4 fully saturated rings. The van der Waals surface area contributed by atoms with Crippen LogP contribution >= 0.6 is 0 Å². The lowest BCUT2D eigenvalue weighted by atomic mass is 9.62. The second-order valence-electron chi connectivity index (χ2n) is 16.5. The number of fused-ring (bicyclic) bond motifs is 4. The molecule has 7 atom stereocenters. The van der Waals surface area contributed by atoms with Crippen LogP contribution in [-0.2, 0) is 54.2 Å². The number of rotatable bonds is 19. The molecule has 1 amide bonds. The van der Waals surface area contributed by atoms with Crippen LogP contribution in [0.1, 0.15) is 116 Å². The summed E-state index contributed by atoms with van der Waals surface area (Å²) in [4.78, 5) is 60.1. The van der Waals surface area contributed by atoms with E-state index in [1.807, 2.05) is 0 Å². The Morgan fingerprint density at radius 1 is 1.05 bits per heavy atom. The van der Waals surface area contributed by atoms with Gasteiger partial charge in [-0.15, -0.1) is 0 Å². The molecule has 318 valence electrons. The number of alkyl halides is 3. The number of unbranched alkanes of at least 4 members (excludes halogenated alkanes) is 4. The molecule has 13 nitrogen and oxygen atoms in total. The topological polar surface area (TPSA) is 159 Å². The lowest BCUT2D eigenvalue weighted by Crippen LogP contribution is -2.70. The molecule has 3 aliphatic heterocycles. The van der Waals surface area contributed by atoms with E-state index in [0.29, 0.717) is 24.0 Å². The molecule has 0 spiro atoms. The summed E-state index contributed by atoms with van der Waals surface area (Å²) in [5.74, 6) is -3.89. The van der Waals surface area contributed by atoms with Crippen molar-refractivity contribution in [1.29, 1.82) is 0 Å². The molecular formula is C41H57F3N2O11. The van der Waals surface area contributed by atoms with Crippen molar-refractivity contribution in [2.24, 2.45) is 5.41 Å². The number of ether oxygens (including phenoxy) is 5. The second-order valence-corrected chi connectivity index (χ2v) is 16.5. The fourth-order valence-corrected chi connectivity index (χ4v) is 8.25. The number of nitrogens with one attached hydrogen (secondary N) is 1. The van der Waals surface area contributed by atoms with Gasteiger partial charge in [0.1, 0.15) is 35.4 Å². The van der Waals surface area contributed by atoms with Crippen molar-refractivity contribution in [3.05, 3.63) is 41.5 Å². The quantitative estimate of drug-likeness (QED) is 0.0745. The SMILES string of the molecule is CCCCCC1(CCCCC)OC2C3CC4(C(=O)NC(CO)CCC(=O)OC(C)(C)C)C(ON(Cc5cccc(C=CC(=O)OCC(F)(F)F)c5)C4C(=O)O3)C2O1. The van der Waals surface area contributed by atoms with Crippen molar-refractivity contribution in [3.63, 3.8) is 0 Å². The molecule has 1 aliphatic carbocycles. The summed E-state index contributed by atoms with van der Waals surface area (Å²) in [6.07, 6.45) is 1.05. The van der Waals surface area contributed by atoms with E-state index in [9.17, 15) is 37.5 Å². The number of benzene rings is 1. The van der Waals surface area contributed by atoms with E-state index in [1.165, 1.54) is 11.1 Å². The van der Waals surface area contributed by atoms with Gasteiger partial charge in [-0.25, -0.2) is 4.79 Å². The standard InChI is InChI=1S/C41H57F3N2O11/c1-6-8-10-19-39(20-11-9-7-2)55-32-29-22-40(37(51)45-28(24-47)16-18-31(49)54-38(3,4)5)34(36(50)53-29)46(57-35(40)33(32)56-39)23-27-14-12-13-26(21-27)15-17-30(48)52-25-41(42,43)44/h12-15,17,21,28-29,32-35,47H,6-11,16,18-20,22-25H2,1-5H3,(H,45,51). The number of nitrogens with zero attached hydrogens (tertiary/aromatic N) is 1. The summed E-state index contributed by atoms with van der Waals surface area (Å²) in [7, 11) is 0. The number of hydrogen-bond donors (Lipinski definition) is 2. The van der Waals surface area contributed by atoms with Gasteiger partial charge < -0.3 is 34.1 Å². The lowest BCUT2D eigenvalue weighted by Gasteiger charge is -2.49. The number of aliphatic hydroxyl groups is 1. The number of carbonyl (C=O) groups excluding carboxylic acids is 4. The summed E-state index contributed by atoms with van der Waals surface area (Å²) < 4.78 is 67.0. The second kappa shape index (κ2) is 18.6. The van der Waals surface area contributed by atoms with Gasteiger partial charge in [0.25, 0.3) is 0 Å². The minimum atomic E-state index is -4.66. The fourth-order valence-electron chi connectivity index (χ4n) is 8.25. The Bertz CT molecular complexity index is 1600. The summed E-state index contributed by atoms with van der Waals surface area (Å²) in [6, 6.07) is 4.59. The Hall–Kier alpha value is -3.57. The maximum absolute atomic E-state index is 14.8. The predicted molar refractivity (Wildman–Crippen MR) is 198 cm³/mol. The highest BCUT2D eigenvalue weighted by Crippen LogP contribution is 2.58. The van der Waals surface area contributed by atoms with E-state index in [0.717, 1.165) is 44.6 Å². The van der Waals surface area contributed by atoms with Gasteiger partial charge in [-0.3, -0.25) is 19.2 Å². The van der Waals surface area contributed by atoms with Crippen molar-refractivity contribution in [2.45, 2.75) is 166 Å². The Morgan fingerprint density at radius 3 is 2.37 bits per heavy atom. The molecule has 0 aromatic heterocycles. The third-order valence-electron chi connectivity index (χ3n) is 10.7. The number of hydroxylamine groups is 2. The largest absolute Gasteiger partial charge is 0.460 e.